The molecule has 3 heteroatoms. The summed E-state index contributed by atoms with van der Waals surface area (Å²) in [5.41, 5.74) is 2.81. The molecule has 0 aliphatic carbocycles. The second-order valence-corrected chi connectivity index (χ2v) is 4.43. The van der Waals surface area contributed by atoms with Crippen molar-refractivity contribution < 1.29 is 4.79 Å². The zero-order valence-electron chi connectivity index (χ0n) is 10.6. The van der Waals surface area contributed by atoms with Crippen molar-refractivity contribution in [3.63, 3.8) is 0 Å². The third-order valence-electron chi connectivity index (χ3n) is 2.68. The van der Waals surface area contributed by atoms with E-state index in [0.29, 0.717) is 0 Å². The Morgan fingerprint density at radius 2 is 1.94 bits per heavy atom. The first kappa shape index (κ1) is 12.3. The molecule has 0 saturated carbocycles. The van der Waals surface area contributed by atoms with Gasteiger partial charge in [-0.25, -0.2) is 0 Å². The van der Waals surface area contributed by atoms with Crippen LogP contribution in [0.4, 0.5) is 5.69 Å². The first-order valence-corrected chi connectivity index (χ1v) is 5.99. The van der Waals surface area contributed by atoms with Crippen LogP contribution in [-0.4, -0.2) is 10.9 Å². The number of benzene rings is 1. The summed E-state index contributed by atoms with van der Waals surface area (Å²) >= 11 is 0. The minimum atomic E-state index is -0.0352. The average molecular weight is 240 g/mol. The highest BCUT2D eigenvalue weighted by atomic mass is 16.1. The third-order valence-corrected chi connectivity index (χ3v) is 2.68. The van der Waals surface area contributed by atoms with E-state index in [2.05, 4.69) is 10.3 Å². The summed E-state index contributed by atoms with van der Waals surface area (Å²) in [7, 11) is 0. The number of anilines is 1. The molecule has 0 radical (unpaired) electrons. The van der Waals surface area contributed by atoms with Gasteiger partial charge in [-0.2, -0.15) is 0 Å². The van der Waals surface area contributed by atoms with Crippen molar-refractivity contribution in [2.75, 3.05) is 5.32 Å². The molecule has 0 saturated heterocycles. The quantitative estimate of drug-likeness (QED) is 0.894. The summed E-state index contributed by atoms with van der Waals surface area (Å²) < 4.78 is 0. The molecule has 2 aromatic rings. The molecule has 0 bridgehead atoms. The summed E-state index contributed by atoms with van der Waals surface area (Å²) in [6.45, 7) is 3.75. The monoisotopic (exact) mass is 240 g/mol. The van der Waals surface area contributed by atoms with Gasteiger partial charge in [-0.05, 0) is 12.1 Å². The van der Waals surface area contributed by atoms with Crippen molar-refractivity contribution in [2.45, 2.75) is 13.8 Å². The highest BCUT2D eigenvalue weighted by molar-refractivity contribution is 5.96. The predicted octanol–water partition coefficient (Wildman–Crippen LogP) is 3.34. The molecule has 1 heterocycles. The van der Waals surface area contributed by atoms with Crippen molar-refractivity contribution in [1.29, 1.82) is 0 Å². The van der Waals surface area contributed by atoms with Crippen molar-refractivity contribution in [2.24, 2.45) is 5.92 Å². The Kier molecular flexibility index (Phi) is 3.72. The van der Waals surface area contributed by atoms with E-state index in [0.717, 1.165) is 16.8 Å². The maximum atomic E-state index is 11.8. The molecule has 0 unspecified atom stereocenters. The Bertz CT molecular complexity index is 535. The van der Waals surface area contributed by atoms with Gasteiger partial charge in [-0.1, -0.05) is 38.1 Å². The van der Waals surface area contributed by atoms with Crippen LogP contribution in [0.1, 0.15) is 13.8 Å². The molecule has 3 nitrogen and oxygen atoms in total. The van der Waals surface area contributed by atoms with Gasteiger partial charge < -0.3 is 5.32 Å². The van der Waals surface area contributed by atoms with Crippen LogP contribution in [0.25, 0.3) is 11.1 Å². The summed E-state index contributed by atoms with van der Waals surface area (Å²) in [4.78, 5) is 15.9. The van der Waals surface area contributed by atoms with Crippen LogP contribution in [0, 0.1) is 5.92 Å². The van der Waals surface area contributed by atoms with Gasteiger partial charge >= 0.3 is 0 Å². The number of para-hydroxylation sites is 1. The van der Waals surface area contributed by atoms with Crippen LogP contribution in [0.15, 0.2) is 48.8 Å². The second-order valence-electron chi connectivity index (χ2n) is 4.43. The highest BCUT2D eigenvalue weighted by Crippen LogP contribution is 2.27. The maximum Gasteiger partial charge on any atom is 0.226 e. The summed E-state index contributed by atoms with van der Waals surface area (Å²) in [6, 6.07) is 11.6. The van der Waals surface area contributed by atoms with E-state index in [1.165, 1.54) is 0 Å². The van der Waals surface area contributed by atoms with Crippen molar-refractivity contribution in [3.8, 4) is 11.1 Å². The fourth-order valence-electron chi connectivity index (χ4n) is 1.64. The Morgan fingerprint density at radius 1 is 1.17 bits per heavy atom. The van der Waals surface area contributed by atoms with E-state index in [9.17, 15) is 4.79 Å². The second kappa shape index (κ2) is 5.45. The fourth-order valence-corrected chi connectivity index (χ4v) is 1.64. The minimum absolute atomic E-state index is 0.0198. The molecular weight excluding hydrogens is 224 g/mol. The first-order chi connectivity index (χ1) is 8.68. The molecule has 0 spiro atoms. The van der Waals surface area contributed by atoms with E-state index in [1.54, 1.807) is 12.4 Å². The molecule has 18 heavy (non-hydrogen) atoms. The van der Waals surface area contributed by atoms with Gasteiger partial charge in [-0.15, -0.1) is 0 Å². The normalized spacial score (nSPS) is 10.4. The molecule has 0 aliphatic heterocycles. The summed E-state index contributed by atoms with van der Waals surface area (Å²) in [6.07, 6.45) is 3.53. The molecule has 1 aromatic carbocycles. The van der Waals surface area contributed by atoms with Gasteiger partial charge in [0.1, 0.15) is 0 Å². The van der Waals surface area contributed by atoms with E-state index in [-0.39, 0.29) is 11.8 Å². The lowest BCUT2D eigenvalue weighted by atomic mass is 10.1. The SMILES string of the molecule is CC(C)C(=O)Nc1ccccc1-c1cccnc1. The van der Waals surface area contributed by atoms with Gasteiger partial charge in [0.15, 0.2) is 0 Å². The van der Waals surface area contributed by atoms with E-state index in [4.69, 9.17) is 0 Å². The lowest BCUT2D eigenvalue weighted by Gasteiger charge is -2.12. The van der Waals surface area contributed by atoms with Crippen LogP contribution >= 0.6 is 0 Å². The summed E-state index contributed by atoms with van der Waals surface area (Å²) in [5.74, 6) is -0.0155. The molecule has 1 amide bonds. The van der Waals surface area contributed by atoms with Crippen LogP contribution in [0.3, 0.4) is 0 Å². The Hall–Kier alpha value is -2.16. The average Bonchev–Trinajstić information content (AvgIpc) is 2.40. The van der Waals surface area contributed by atoms with Gasteiger partial charge in [-0.3, -0.25) is 9.78 Å². The number of pyridine rings is 1. The number of rotatable bonds is 3. The smallest absolute Gasteiger partial charge is 0.226 e. The van der Waals surface area contributed by atoms with Crippen LogP contribution in [0.5, 0.6) is 0 Å². The number of nitrogens with zero attached hydrogens (tertiary/aromatic N) is 1. The molecule has 1 N–H and O–H groups in total. The molecule has 0 atom stereocenters. The molecule has 92 valence electrons. The molecule has 2 rings (SSSR count). The van der Waals surface area contributed by atoms with Gasteiger partial charge in [0.2, 0.25) is 5.91 Å². The number of aromatic nitrogens is 1. The maximum absolute atomic E-state index is 11.8. The van der Waals surface area contributed by atoms with Gasteiger partial charge in [0, 0.05) is 35.1 Å². The van der Waals surface area contributed by atoms with E-state index in [1.807, 2.05) is 50.2 Å². The number of carbonyl (C=O) groups is 1. The van der Waals surface area contributed by atoms with Crippen molar-refractivity contribution in [3.05, 3.63) is 48.8 Å². The lowest BCUT2D eigenvalue weighted by molar-refractivity contribution is -0.118. The minimum Gasteiger partial charge on any atom is -0.325 e. The topological polar surface area (TPSA) is 42.0 Å². The molecule has 1 aromatic heterocycles. The third kappa shape index (κ3) is 2.74. The van der Waals surface area contributed by atoms with E-state index < -0.39 is 0 Å². The standard InChI is InChI=1S/C15H16N2O/c1-11(2)15(18)17-14-8-4-3-7-13(14)12-6-5-9-16-10-12/h3-11H,1-2H3,(H,17,18). The van der Waals surface area contributed by atoms with Crippen molar-refractivity contribution >= 4 is 11.6 Å². The Labute approximate surface area is 107 Å². The predicted molar refractivity (Wildman–Crippen MR) is 73.1 cm³/mol. The van der Waals surface area contributed by atoms with Gasteiger partial charge in [0.25, 0.3) is 0 Å². The van der Waals surface area contributed by atoms with Crippen molar-refractivity contribution in [1.82, 2.24) is 4.98 Å². The molecule has 0 fully saturated rings. The molecular formula is C15H16N2O. The first-order valence-electron chi connectivity index (χ1n) is 5.99. The number of nitrogens with one attached hydrogen (secondary N) is 1. The zero-order chi connectivity index (χ0) is 13.0. The Morgan fingerprint density at radius 3 is 2.61 bits per heavy atom. The zero-order valence-corrected chi connectivity index (χ0v) is 10.6. The number of hydrogen-bond donors (Lipinski definition) is 1. The van der Waals surface area contributed by atoms with E-state index >= 15 is 0 Å². The number of carbonyl (C=O) groups excluding carboxylic acids is 1. The van der Waals surface area contributed by atoms with Crippen LogP contribution < -0.4 is 5.32 Å². The van der Waals surface area contributed by atoms with Crippen LogP contribution in [0.2, 0.25) is 0 Å². The van der Waals surface area contributed by atoms with Crippen LogP contribution in [-0.2, 0) is 4.79 Å². The number of hydrogen-bond acceptors (Lipinski definition) is 2. The fraction of sp³-hybridized carbons (Fsp3) is 0.200. The van der Waals surface area contributed by atoms with Gasteiger partial charge in [0.05, 0.1) is 0 Å². The largest absolute Gasteiger partial charge is 0.325 e. The number of amides is 1. The highest BCUT2D eigenvalue weighted by Gasteiger charge is 2.10. The Balaban J connectivity index is 2.35. The summed E-state index contributed by atoms with van der Waals surface area (Å²) in [5, 5.41) is 2.94. The lowest BCUT2D eigenvalue weighted by Crippen LogP contribution is -2.18. The molecule has 0 aliphatic rings.